The van der Waals surface area contributed by atoms with E-state index in [0.29, 0.717) is 24.9 Å². The molecule has 0 amide bonds. The van der Waals surface area contributed by atoms with E-state index in [1.165, 1.54) is 0 Å². The van der Waals surface area contributed by atoms with Gasteiger partial charge in [-0.3, -0.25) is 0 Å². The predicted molar refractivity (Wildman–Crippen MR) is 176 cm³/mol. The van der Waals surface area contributed by atoms with E-state index in [2.05, 4.69) is 29.2 Å². The first-order chi connectivity index (χ1) is 22.5. The molecule has 2 heterocycles. The molecule has 2 aliphatic rings. The SMILES string of the molecule is CC(C)CCNCCS(=O)(=O)NC1C(O)OC(C(O)C(O)C2OC(Cc3ccc(CNCCC(C)C)cc3)C(O)C(O)C2O)C(O)C1O. The second-order valence-electron chi connectivity index (χ2n) is 13.8. The van der Waals surface area contributed by atoms with Crippen LogP contribution in [0.4, 0.5) is 0 Å². The molecule has 0 bridgehead atoms. The molecule has 12 atom stereocenters. The highest BCUT2D eigenvalue weighted by atomic mass is 32.2. The van der Waals surface area contributed by atoms with Crippen molar-refractivity contribution in [2.24, 2.45) is 11.8 Å². The first-order valence-corrected chi connectivity index (χ1v) is 18.4. The number of nitrogens with one attached hydrogen (secondary N) is 3. The Kier molecular flexibility index (Phi) is 16.1. The third kappa shape index (κ3) is 11.6. The van der Waals surface area contributed by atoms with Gasteiger partial charge in [-0.25, -0.2) is 13.1 Å². The molecule has 0 aromatic heterocycles. The first-order valence-electron chi connectivity index (χ1n) is 16.8. The fraction of sp³-hybridized carbons (Fsp3) is 0.812. The zero-order chi connectivity index (χ0) is 35.8. The van der Waals surface area contributed by atoms with E-state index < -0.39 is 83.4 Å². The van der Waals surface area contributed by atoms with Crippen molar-refractivity contribution >= 4 is 10.0 Å². The minimum Gasteiger partial charge on any atom is -0.388 e. The largest absolute Gasteiger partial charge is 0.388 e. The molecule has 0 saturated carbocycles. The summed E-state index contributed by atoms with van der Waals surface area (Å²) >= 11 is 0. The minimum absolute atomic E-state index is 0.0837. The van der Waals surface area contributed by atoms with Gasteiger partial charge in [0.25, 0.3) is 0 Å². The Morgan fingerprint density at radius 2 is 1.21 bits per heavy atom. The maximum absolute atomic E-state index is 12.6. The molecule has 1 aromatic rings. The molecular weight excluding hydrogens is 650 g/mol. The molecule has 2 saturated heterocycles. The summed E-state index contributed by atoms with van der Waals surface area (Å²) in [4.78, 5) is 0. The lowest BCUT2D eigenvalue weighted by molar-refractivity contribution is -0.292. The van der Waals surface area contributed by atoms with Gasteiger partial charge in [0.2, 0.25) is 10.0 Å². The lowest BCUT2D eigenvalue weighted by Crippen LogP contribution is -2.69. The zero-order valence-corrected chi connectivity index (χ0v) is 29.0. The monoisotopic (exact) mass is 707 g/mol. The van der Waals surface area contributed by atoms with Crippen molar-refractivity contribution in [3.63, 3.8) is 0 Å². The molecule has 2 aliphatic heterocycles. The van der Waals surface area contributed by atoms with E-state index in [0.717, 1.165) is 30.5 Å². The van der Waals surface area contributed by atoms with Crippen LogP contribution < -0.4 is 15.4 Å². The van der Waals surface area contributed by atoms with E-state index in [-0.39, 0.29) is 18.7 Å². The van der Waals surface area contributed by atoms with Crippen LogP contribution in [0.3, 0.4) is 0 Å². The Labute approximate surface area is 283 Å². The number of aliphatic hydroxyl groups excluding tert-OH is 8. The van der Waals surface area contributed by atoms with Crippen molar-refractivity contribution < 1.29 is 58.7 Å². The third-order valence-corrected chi connectivity index (χ3v) is 10.3. The van der Waals surface area contributed by atoms with Crippen LogP contribution in [0.1, 0.15) is 51.7 Å². The summed E-state index contributed by atoms with van der Waals surface area (Å²) in [6, 6.07) is 5.78. The van der Waals surface area contributed by atoms with Crippen molar-refractivity contribution in [2.45, 2.75) is 127 Å². The summed E-state index contributed by atoms with van der Waals surface area (Å²) in [6.45, 7) is 10.6. The molecule has 16 heteroatoms. The van der Waals surface area contributed by atoms with E-state index in [1.807, 2.05) is 38.1 Å². The number of benzene rings is 1. The Morgan fingerprint density at radius 3 is 1.79 bits per heavy atom. The summed E-state index contributed by atoms with van der Waals surface area (Å²) in [5.41, 5.74) is 1.78. The smallest absolute Gasteiger partial charge is 0.213 e. The summed E-state index contributed by atoms with van der Waals surface area (Å²) in [5.74, 6) is 0.644. The molecule has 12 unspecified atom stereocenters. The van der Waals surface area contributed by atoms with Gasteiger partial charge in [0.15, 0.2) is 6.29 Å². The van der Waals surface area contributed by atoms with Crippen LogP contribution in [0.25, 0.3) is 0 Å². The van der Waals surface area contributed by atoms with Crippen LogP contribution >= 0.6 is 0 Å². The predicted octanol–water partition coefficient (Wildman–Crippen LogP) is -2.70. The van der Waals surface area contributed by atoms with Gasteiger partial charge in [0.1, 0.15) is 61.0 Å². The van der Waals surface area contributed by atoms with Crippen LogP contribution in [0, 0.1) is 11.8 Å². The molecular formula is C32H57N3O12S. The van der Waals surface area contributed by atoms with Crippen molar-refractivity contribution in [3.05, 3.63) is 35.4 Å². The molecule has 3 rings (SSSR count). The third-order valence-electron chi connectivity index (χ3n) is 8.88. The average molecular weight is 708 g/mol. The van der Waals surface area contributed by atoms with Crippen LogP contribution in [0.5, 0.6) is 0 Å². The highest BCUT2D eigenvalue weighted by Crippen LogP contribution is 2.30. The maximum atomic E-state index is 12.6. The average Bonchev–Trinajstić information content (AvgIpc) is 3.03. The summed E-state index contributed by atoms with van der Waals surface area (Å²) in [7, 11) is -4.05. The van der Waals surface area contributed by atoms with Gasteiger partial charge in [0, 0.05) is 19.5 Å². The van der Waals surface area contributed by atoms with Crippen LogP contribution in [-0.2, 0) is 32.5 Å². The summed E-state index contributed by atoms with van der Waals surface area (Å²) < 4.78 is 38.3. The van der Waals surface area contributed by atoms with Gasteiger partial charge in [-0.1, -0.05) is 52.0 Å². The Hall–Kier alpha value is -1.35. The fourth-order valence-corrected chi connectivity index (χ4v) is 6.97. The van der Waals surface area contributed by atoms with Crippen LogP contribution in [0.15, 0.2) is 24.3 Å². The van der Waals surface area contributed by atoms with Gasteiger partial charge >= 0.3 is 0 Å². The molecule has 15 nitrogen and oxygen atoms in total. The van der Waals surface area contributed by atoms with Gasteiger partial charge in [-0.05, 0) is 48.9 Å². The topological polar surface area (TPSA) is 251 Å². The van der Waals surface area contributed by atoms with E-state index in [9.17, 15) is 49.3 Å². The maximum Gasteiger partial charge on any atom is 0.213 e. The van der Waals surface area contributed by atoms with Gasteiger partial charge in [-0.15, -0.1) is 0 Å². The highest BCUT2D eigenvalue weighted by Gasteiger charge is 2.53. The quantitative estimate of drug-likeness (QED) is 0.0696. The minimum atomic E-state index is -4.05. The number of hydrogen-bond donors (Lipinski definition) is 11. The van der Waals surface area contributed by atoms with E-state index >= 15 is 0 Å². The molecule has 0 spiro atoms. The molecule has 0 aliphatic carbocycles. The van der Waals surface area contributed by atoms with Gasteiger partial charge < -0.3 is 61.0 Å². The standard InChI is InChI=1S/C32H57N3O12S/c1-17(2)9-11-33-13-14-48(44,45)35-22-24(37)26(39)31(47-32(22)43)29(42)28(41)30-27(40)25(38)23(36)21(46-30)15-19-5-7-20(8-6-19)16-34-12-10-18(3)4/h5-8,17-18,21-43H,9-16H2,1-4H3. The lowest BCUT2D eigenvalue weighted by atomic mass is 9.85. The number of aliphatic hydroxyl groups is 8. The number of sulfonamides is 1. The number of ether oxygens (including phenoxy) is 2. The van der Waals surface area contributed by atoms with Gasteiger partial charge in [-0.2, -0.15) is 0 Å². The first kappa shape index (κ1) is 41.1. The Bertz CT molecular complexity index is 1190. The molecule has 278 valence electrons. The molecule has 0 radical (unpaired) electrons. The second kappa shape index (κ2) is 18.8. The van der Waals surface area contributed by atoms with Crippen molar-refractivity contribution in [1.82, 2.24) is 15.4 Å². The highest BCUT2D eigenvalue weighted by molar-refractivity contribution is 7.89. The second-order valence-corrected chi connectivity index (χ2v) is 15.7. The normalized spacial score (nSPS) is 32.9. The van der Waals surface area contributed by atoms with Crippen molar-refractivity contribution in [1.29, 1.82) is 0 Å². The van der Waals surface area contributed by atoms with Gasteiger partial charge in [0.05, 0.1) is 11.9 Å². The lowest BCUT2D eigenvalue weighted by Gasteiger charge is -2.46. The van der Waals surface area contributed by atoms with Crippen LogP contribution in [0.2, 0.25) is 0 Å². The molecule has 2 fully saturated rings. The summed E-state index contributed by atoms with van der Waals surface area (Å²) in [5, 5.41) is 92.3. The van der Waals surface area contributed by atoms with E-state index in [4.69, 9.17) is 9.47 Å². The molecule has 48 heavy (non-hydrogen) atoms. The molecule has 11 N–H and O–H groups in total. The fourth-order valence-electron chi connectivity index (χ4n) is 5.77. The zero-order valence-electron chi connectivity index (χ0n) is 28.2. The molecule has 1 aromatic carbocycles. The summed E-state index contributed by atoms with van der Waals surface area (Å²) in [6.07, 6.45) is -18.0. The van der Waals surface area contributed by atoms with E-state index in [1.54, 1.807) is 0 Å². The van der Waals surface area contributed by atoms with Crippen molar-refractivity contribution in [2.75, 3.05) is 25.4 Å². The Balaban J connectivity index is 1.60. The number of hydrogen-bond acceptors (Lipinski definition) is 14. The Morgan fingerprint density at radius 1 is 0.688 bits per heavy atom. The number of rotatable bonds is 18. The van der Waals surface area contributed by atoms with Crippen LogP contribution in [-0.4, -0.2) is 148 Å². The van der Waals surface area contributed by atoms with Crippen molar-refractivity contribution in [3.8, 4) is 0 Å².